The normalized spacial score (nSPS) is 15.4. The monoisotopic (exact) mass is 426 g/mol. The number of nitrogens with one attached hydrogen (secondary N) is 3. The van der Waals surface area contributed by atoms with Crippen molar-refractivity contribution in [2.24, 2.45) is 22.4 Å². The molecule has 0 aliphatic heterocycles. The van der Waals surface area contributed by atoms with Crippen LogP contribution in [0.2, 0.25) is 0 Å². The minimum atomic E-state index is -0.498. The van der Waals surface area contributed by atoms with Crippen LogP contribution in [0.4, 0.5) is 5.69 Å². The van der Waals surface area contributed by atoms with E-state index in [4.69, 9.17) is 16.2 Å². The third kappa shape index (κ3) is 6.11. The van der Waals surface area contributed by atoms with Crippen LogP contribution in [-0.2, 0) is 9.59 Å². The van der Waals surface area contributed by atoms with Gasteiger partial charge in [-0.2, -0.15) is 0 Å². The molecule has 1 fully saturated rings. The number of benzene rings is 1. The Morgan fingerprint density at radius 2 is 1.97 bits per heavy atom. The number of allylic oxidation sites excluding steroid dienone is 3. The molecule has 1 aliphatic carbocycles. The van der Waals surface area contributed by atoms with Gasteiger partial charge in [0.15, 0.2) is 0 Å². The quantitative estimate of drug-likeness (QED) is 0.230. The summed E-state index contributed by atoms with van der Waals surface area (Å²) in [6, 6.07) is 5.51. The maximum atomic E-state index is 12.2. The van der Waals surface area contributed by atoms with Gasteiger partial charge in [-0.15, -0.1) is 0 Å². The highest BCUT2D eigenvalue weighted by atomic mass is 16.5. The third-order valence-electron chi connectivity index (χ3n) is 4.66. The Kier molecular flexibility index (Phi) is 8.25. The van der Waals surface area contributed by atoms with E-state index in [0.717, 1.165) is 24.0 Å². The van der Waals surface area contributed by atoms with Crippen LogP contribution >= 0.6 is 0 Å². The number of anilines is 1. The van der Waals surface area contributed by atoms with Crippen LogP contribution in [-0.4, -0.2) is 39.2 Å². The zero-order valence-electron chi connectivity index (χ0n) is 18.3. The van der Waals surface area contributed by atoms with Crippen LogP contribution in [0.3, 0.4) is 0 Å². The van der Waals surface area contributed by atoms with Crippen molar-refractivity contribution in [2.75, 3.05) is 26.5 Å². The van der Waals surface area contributed by atoms with E-state index in [-0.39, 0.29) is 29.0 Å². The lowest BCUT2D eigenvalue weighted by atomic mass is 10.0. The van der Waals surface area contributed by atoms with Crippen LogP contribution in [0.25, 0.3) is 5.57 Å². The fraction of sp³-hybridized carbons (Fsp3) is 0.318. The molecule has 31 heavy (non-hydrogen) atoms. The van der Waals surface area contributed by atoms with E-state index >= 15 is 0 Å². The van der Waals surface area contributed by atoms with E-state index in [2.05, 4.69) is 20.9 Å². The lowest BCUT2D eigenvalue weighted by Crippen LogP contribution is -2.31. The van der Waals surface area contributed by atoms with Crippen molar-refractivity contribution in [1.82, 2.24) is 10.6 Å². The number of nitrogens with zero attached hydrogens (tertiary/aromatic N) is 1. The number of hydrogen-bond acceptors (Lipinski definition) is 7. The zero-order chi connectivity index (χ0) is 23.0. The number of methoxy groups -OCH3 is 1. The minimum absolute atomic E-state index is 0.0140. The number of carbonyl (C=O) groups excluding carboxylic acids is 2. The van der Waals surface area contributed by atoms with Gasteiger partial charge in [0.05, 0.1) is 18.5 Å². The first-order valence-electron chi connectivity index (χ1n) is 9.88. The molecule has 1 aliphatic rings. The van der Waals surface area contributed by atoms with Crippen molar-refractivity contribution < 1.29 is 14.3 Å². The van der Waals surface area contributed by atoms with E-state index in [1.807, 2.05) is 25.1 Å². The molecule has 7 N–H and O–H groups in total. The first-order valence-corrected chi connectivity index (χ1v) is 9.88. The number of likely N-dealkylation sites (N-methyl/N-ethyl adjacent to an activating group) is 1. The molecule has 1 aromatic rings. The molecule has 1 saturated carbocycles. The highest BCUT2D eigenvalue weighted by Crippen LogP contribution is 2.34. The summed E-state index contributed by atoms with van der Waals surface area (Å²) in [5.41, 5.74) is 14.4. The van der Waals surface area contributed by atoms with Gasteiger partial charge in [-0.3, -0.25) is 14.6 Å². The minimum Gasteiger partial charge on any atom is -0.494 e. The third-order valence-corrected chi connectivity index (χ3v) is 4.66. The molecule has 0 unspecified atom stereocenters. The molecule has 0 aromatic heterocycles. The molecule has 0 heterocycles. The van der Waals surface area contributed by atoms with E-state index in [9.17, 15) is 9.59 Å². The van der Waals surface area contributed by atoms with Crippen LogP contribution in [0.15, 0.2) is 52.6 Å². The summed E-state index contributed by atoms with van der Waals surface area (Å²) in [6.45, 7) is 1.90. The summed E-state index contributed by atoms with van der Waals surface area (Å²) >= 11 is 0. The summed E-state index contributed by atoms with van der Waals surface area (Å²) in [4.78, 5) is 28.3. The summed E-state index contributed by atoms with van der Waals surface area (Å²) in [7, 11) is 4.71. The van der Waals surface area contributed by atoms with E-state index in [1.165, 1.54) is 13.1 Å². The lowest BCUT2D eigenvalue weighted by molar-refractivity contribution is -0.121. The largest absolute Gasteiger partial charge is 0.494 e. The second-order valence-corrected chi connectivity index (χ2v) is 6.91. The first-order chi connectivity index (χ1) is 14.9. The van der Waals surface area contributed by atoms with Gasteiger partial charge in [0.25, 0.3) is 5.91 Å². The standard InChI is InChI=1S/C22H30N6O3/c1-5-13(12-25-2)15-7-6-8-16(20(15)31-4)27-17(19(24)22(30)26-3)11-18(23)28-21(29)14-9-10-14/h5-8,11-12,14,27H,9-10,23-24H2,1-4H3,(H,26,30)(H,28,29)/b13-5+,18-11+,19-17+,25-12?. The summed E-state index contributed by atoms with van der Waals surface area (Å²) in [6.07, 6.45) is 6.75. The Hall–Kier alpha value is -3.75. The zero-order valence-corrected chi connectivity index (χ0v) is 18.3. The molecule has 2 rings (SSSR count). The molecule has 166 valence electrons. The highest BCUT2D eigenvalue weighted by molar-refractivity contribution is 6.11. The topological polar surface area (TPSA) is 144 Å². The Bertz CT molecular complexity index is 958. The number of ether oxygens (including phenoxy) is 1. The van der Waals surface area contributed by atoms with E-state index in [0.29, 0.717) is 11.4 Å². The molecular weight excluding hydrogens is 396 g/mol. The van der Waals surface area contributed by atoms with Gasteiger partial charge in [-0.05, 0) is 31.4 Å². The van der Waals surface area contributed by atoms with Gasteiger partial charge in [0.1, 0.15) is 17.3 Å². The Morgan fingerprint density at radius 3 is 2.52 bits per heavy atom. The molecule has 0 saturated heterocycles. The van der Waals surface area contributed by atoms with Gasteiger partial charge < -0.3 is 32.2 Å². The second kappa shape index (κ2) is 10.9. The number of carbonyl (C=O) groups is 2. The van der Waals surface area contributed by atoms with E-state index < -0.39 is 5.91 Å². The van der Waals surface area contributed by atoms with Gasteiger partial charge in [0.2, 0.25) is 5.91 Å². The molecule has 0 atom stereocenters. The Balaban J connectivity index is 2.47. The van der Waals surface area contributed by atoms with Crippen LogP contribution in [0.5, 0.6) is 5.75 Å². The number of amides is 2. The predicted octanol–water partition coefficient (Wildman–Crippen LogP) is 1.45. The fourth-order valence-electron chi connectivity index (χ4n) is 2.89. The van der Waals surface area contributed by atoms with Crippen LogP contribution < -0.4 is 32.2 Å². The van der Waals surface area contributed by atoms with Crippen molar-refractivity contribution in [1.29, 1.82) is 0 Å². The number of hydrogen-bond donors (Lipinski definition) is 5. The van der Waals surface area contributed by atoms with Crippen molar-refractivity contribution in [3.05, 3.63) is 53.1 Å². The molecule has 0 bridgehead atoms. The number of nitrogens with two attached hydrogens (primary N) is 2. The van der Waals surface area contributed by atoms with Gasteiger partial charge >= 0.3 is 0 Å². The molecule has 2 amide bonds. The van der Waals surface area contributed by atoms with Crippen molar-refractivity contribution in [2.45, 2.75) is 19.8 Å². The molecule has 1 aromatic carbocycles. The molecule has 0 radical (unpaired) electrons. The molecule has 0 spiro atoms. The molecule has 9 heteroatoms. The molecular formula is C22H30N6O3. The number of rotatable bonds is 9. The average molecular weight is 427 g/mol. The van der Waals surface area contributed by atoms with Gasteiger partial charge in [-0.25, -0.2) is 0 Å². The van der Waals surface area contributed by atoms with Gasteiger partial charge in [-0.1, -0.05) is 18.2 Å². The Morgan fingerprint density at radius 1 is 1.26 bits per heavy atom. The number of para-hydroxylation sites is 1. The highest BCUT2D eigenvalue weighted by Gasteiger charge is 2.29. The lowest BCUT2D eigenvalue weighted by Gasteiger charge is -2.18. The fourth-order valence-corrected chi connectivity index (χ4v) is 2.89. The van der Waals surface area contributed by atoms with Gasteiger partial charge in [0, 0.05) is 37.9 Å². The summed E-state index contributed by atoms with van der Waals surface area (Å²) < 4.78 is 5.63. The van der Waals surface area contributed by atoms with Crippen LogP contribution in [0, 0.1) is 5.92 Å². The smallest absolute Gasteiger partial charge is 0.269 e. The average Bonchev–Trinajstić information content (AvgIpc) is 3.61. The summed E-state index contributed by atoms with van der Waals surface area (Å²) in [5, 5.41) is 8.23. The maximum Gasteiger partial charge on any atom is 0.269 e. The van der Waals surface area contributed by atoms with Crippen molar-refractivity contribution in [3.63, 3.8) is 0 Å². The maximum absolute atomic E-state index is 12.2. The first kappa shape index (κ1) is 23.5. The second-order valence-electron chi connectivity index (χ2n) is 6.91. The van der Waals surface area contributed by atoms with Crippen molar-refractivity contribution in [3.8, 4) is 5.75 Å². The molecule has 9 nitrogen and oxygen atoms in total. The van der Waals surface area contributed by atoms with Crippen molar-refractivity contribution >= 4 is 29.3 Å². The number of aliphatic imine (C=N–C) groups is 1. The summed E-state index contributed by atoms with van der Waals surface area (Å²) in [5.74, 6) is -0.0505. The predicted molar refractivity (Wildman–Crippen MR) is 123 cm³/mol. The SMILES string of the molecule is C/C=C(\C=NC)c1cccc(NC(/C=C(\N)NC(=O)C2CC2)=C(/N)C(=O)NC)c1OC. The Labute approximate surface area is 182 Å². The van der Waals surface area contributed by atoms with E-state index in [1.54, 1.807) is 26.4 Å². The van der Waals surface area contributed by atoms with Crippen LogP contribution in [0.1, 0.15) is 25.3 Å².